The molecule has 1 N–H and O–H groups in total. The summed E-state index contributed by atoms with van der Waals surface area (Å²) in [6.07, 6.45) is 3.50. The number of hydrogen-bond donors (Lipinski definition) is 1. The fourth-order valence-corrected chi connectivity index (χ4v) is 2.13. The number of pyridine rings is 1. The van der Waals surface area contributed by atoms with Crippen molar-refractivity contribution in [1.82, 2.24) is 4.98 Å². The molecule has 0 aromatic carbocycles. The van der Waals surface area contributed by atoms with Crippen LogP contribution < -0.4 is 0 Å². The highest BCUT2D eigenvalue weighted by Crippen LogP contribution is 2.45. The molecule has 80 valence electrons. The fraction of sp³-hybridized carbons (Fsp3) is 0.500. The molecule has 1 heterocycles. The minimum Gasteiger partial charge on any atom is -0.481 e. The molecular formula is C12H15NO2. The lowest BCUT2D eigenvalue weighted by Crippen LogP contribution is -2.08. The smallest absolute Gasteiger partial charge is 0.306 e. The Morgan fingerprint density at radius 2 is 2.47 bits per heavy atom. The predicted molar refractivity (Wildman–Crippen MR) is 56.3 cm³/mol. The molecule has 15 heavy (non-hydrogen) atoms. The fourth-order valence-electron chi connectivity index (χ4n) is 2.13. The maximum absolute atomic E-state index is 10.7. The van der Waals surface area contributed by atoms with Crippen LogP contribution in [0.3, 0.4) is 0 Å². The standard InChI is InChI=1S/C12H15NO2/c1-8(10-7-11(10)12(14)15)6-9-4-2-3-5-13-9/h2-5,8,10-11H,6-7H2,1H3,(H,14,15). The highest BCUT2D eigenvalue weighted by atomic mass is 16.4. The quantitative estimate of drug-likeness (QED) is 0.817. The second kappa shape index (κ2) is 4.01. The van der Waals surface area contributed by atoms with Crippen LogP contribution in [0.1, 0.15) is 19.0 Å². The number of nitrogens with zero attached hydrogens (tertiary/aromatic N) is 1. The van der Waals surface area contributed by atoms with E-state index in [0.29, 0.717) is 11.8 Å². The van der Waals surface area contributed by atoms with Crippen molar-refractivity contribution in [3.05, 3.63) is 30.1 Å². The Kier molecular flexibility index (Phi) is 2.71. The van der Waals surface area contributed by atoms with Crippen LogP contribution in [-0.4, -0.2) is 16.1 Å². The van der Waals surface area contributed by atoms with E-state index in [4.69, 9.17) is 5.11 Å². The normalized spacial score (nSPS) is 25.9. The topological polar surface area (TPSA) is 50.2 Å². The Labute approximate surface area is 89.2 Å². The van der Waals surface area contributed by atoms with Crippen LogP contribution in [0.4, 0.5) is 0 Å². The highest BCUT2D eigenvalue weighted by Gasteiger charge is 2.46. The van der Waals surface area contributed by atoms with Crippen molar-refractivity contribution in [1.29, 1.82) is 0 Å². The van der Waals surface area contributed by atoms with E-state index in [9.17, 15) is 4.79 Å². The van der Waals surface area contributed by atoms with Crippen molar-refractivity contribution < 1.29 is 9.90 Å². The Balaban J connectivity index is 1.89. The third-order valence-corrected chi connectivity index (χ3v) is 3.15. The molecule has 0 spiro atoms. The number of carboxylic acid groups (broad SMARTS) is 1. The van der Waals surface area contributed by atoms with E-state index < -0.39 is 5.97 Å². The second-order valence-electron chi connectivity index (χ2n) is 4.35. The number of aliphatic carboxylic acids is 1. The molecule has 1 aromatic rings. The van der Waals surface area contributed by atoms with Gasteiger partial charge in [-0.3, -0.25) is 9.78 Å². The molecule has 3 atom stereocenters. The van der Waals surface area contributed by atoms with Crippen molar-refractivity contribution in [2.24, 2.45) is 17.8 Å². The summed E-state index contributed by atoms with van der Waals surface area (Å²) in [7, 11) is 0. The SMILES string of the molecule is CC(Cc1ccccn1)C1CC1C(=O)O. The van der Waals surface area contributed by atoms with Crippen LogP contribution >= 0.6 is 0 Å². The number of rotatable bonds is 4. The van der Waals surface area contributed by atoms with E-state index in [2.05, 4.69) is 11.9 Å². The Hall–Kier alpha value is -1.38. The molecule has 3 nitrogen and oxygen atoms in total. The summed E-state index contributed by atoms with van der Waals surface area (Å²) in [5, 5.41) is 8.82. The Morgan fingerprint density at radius 1 is 1.67 bits per heavy atom. The number of carboxylic acids is 1. The maximum Gasteiger partial charge on any atom is 0.306 e. The van der Waals surface area contributed by atoms with Gasteiger partial charge in [0.05, 0.1) is 5.92 Å². The first-order valence-corrected chi connectivity index (χ1v) is 5.31. The van der Waals surface area contributed by atoms with E-state index in [1.54, 1.807) is 6.20 Å². The van der Waals surface area contributed by atoms with Crippen LogP contribution in [0, 0.1) is 17.8 Å². The zero-order valence-corrected chi connectivity index (χ0v) is 8.76. The van der Waals surface area contributed by atoms with Crippen molar-refractivity contribution in [2.45, 2.75) is 19.8 Å². The number of carbonyl (C=O) groups is 1. The van der Waals surface area contributed by atoms with E-state index in [1.807, 2.05) is 18.2 Å². The summed E-state index contributed by atoms with van der Waals surface area (Å²) >= 11 is 0. The average molecular weight is 205 g/mol. The number of hydrogen-bond acceptors (Lipinski definition) is 2. The molecule has 0 amide bonds. The maximum atomic E-state index is 10.7. The van der Waals surface area contributed by atoms with Crippen LogP contribution in [0.2, 0.25) is 0 Å². The minimum atomic E-state index is -0.645. The lowest BCUT2D eigenvalue weighted by Gasteiger charge is -2.09. The van der Waals surface area contributed by atoms with E-state index in [1.165, 1.54) is 0 Å². The first kappa shape index (κ1) is 10.1. The second-order valence-corrected chi connectivity index (χ2v) is 4.35. The third-order valence-electron chi connectivity index (χ3n) is 3.15. The summed E-state index contributed by atoms with van der Waals surface area (Å²) in [4.78, 5) is 15.0. The van der Waals surface area contributed by atoms with Gasteiger partial charge in [-0.15, -0.1) is 0 Å². The largest absolute Gasteiger partial charge is 0.481 e. The number of aromatic nitrogens is 1. The third kappa shape index (κ3) is 2.35. The summed E-state index contributed by atoms with van der Waals surface area (Å²) in [5.41, 5.74) is 1.06. The van der Waals surface area contributed by atoms with Crippen LogP contribution in [0.15, 0.2) is 24.4 Å². The lowest BCUT2D eigenvalue weighted by molar-refractivity contribution is -0.139. The predicted octanol–water partition coefficient (Wildman–Crippen LogP) is 1.98. The molecule has 0 radical (unpaired) electrons. The van der Waals surface area contributed by atoms with Gasteiger partial charge in [-0.1, -0.05) is 13.0 Å². The molecular weight excluding hydrogens is 190 g/mol. The zero-order valence-electron chi connectivity index (χ0n) is 8.76. The molecule has 2 rings (SSSR count). The Morgan fingerprint density at radius 3 is 3.00 bits per heavy atom. The average Bonchev–Trinajstić information content (AvgIpc) is 2.98. The van der Waals surface area contributed by atoms with E-state index >= 15 is 0 Å². The van der Waals surface area contributed by atoms with Gasteiger partial charge in [-0.2, -0.15) is 0 Å². The first-order chi connectivity index (χ1) is 7.18. The van der Waals surface area contributed by atoms with Gasteiger partial charge in [-0.25, -0.2) is 0 Å². The summed E-state index contributed by atoms with van der Waals surface area (Å²) in [5.74, 6) is 0.0158. The molecule has 1 aliphatic carbocycles. The van der Waals surface area contributed by atoms with Gasteiger partial charge < -0.3 is 5.11 Å². The van der Waals surface area contributed by atoms with E-state index in [-0.39, 0.29) is 5.92 Å². The Bertz CT molecular complexity index is 350. The minimum absolute atomic E-state index is 0.108. The summed E-state index contributed by atoms with van der Waals surface area (Å²) in [6.45, 7) is 2.11. The highest BCUT2D eigenvalue weighted by molar-refractivity contribution is 5.73. The van der Waals surface area contributed by atoms with Gasteiger partial charge in [-0.05, 0) is 36.8 Å². The van der Waals surface area contributed by atoms with Crippen molar-refractivity contribution in [3.63, 3.8) is 0 Å². The molecule has 1 fully saturated rings. The van der Waals surface area contributed by atoms with Gasteiger partial charge in [0.25, 0.3) is 0 Å². The van der Waals surface area contributed by atoms with Gasteiger partial charge in [0, 0.05) is 11.9 Å². The van der Waals surface area contributed by atoms with Gasteiger partial charge in [0.1, 0.15) is 0 Å². The van der Waals surface area contributed by atoms with Crippen molar-refractivity contribution >= 4 is 5.97 Å². The van der Waals surface area contributed by atoms with Crippen LogP contribution in [0.25, 0.3) is 0 Å². The van der Waals surface area contributed by atoms with Crippen molar-refractivity contribution in [2.75, 3.05) is 0 Å². The van der Waals surface area contributed by atoms with Gasteiger partial charge in [0.2, 0.25) is 0 Å². The van der Waals surface area contributed by atoms with E-state index in [0.717, 1.165) is 18.5 Å². The summed E-state index contributed by atoms with van der Waals surface area (Å²) in [6, 6.07) is 5.86. The van der Waals surface area contributed by atoms with Crippen LogP contribution in [-0.2, 0) is 11.2 Å². The molecule has 3 unspecified atom stereocenters. The molecule has 1 aliphatic rings. The van der Waals surface area contributed by atoms with Gasteiger partial charge in [0.15, 0.2) is 0 Å². The van der Waals surface area contributed by atoms with Crippen LogP contribution in [0.5, 0.6) is 0 Å². The molecule has 3 heteroatoms. The molecule has 1 aromatic heterocycles. The monoisotopic (exact) mass is 205 g/mol. The molecule has 0 aliphatic heterocycles. The van der Waals surface area contributed by atoms with Crippen molar-refractivity contribution in [3.8, 4) is 0 Å². The molecule has 1 saturated carbocycles. The first-order valence-electron chi connectivity index (χ1n) is 5.31. The molecule has 0 saturated heterocycles. The lowest BCUT2D eigenvalue weighted by atomic mass is 9.98. The summed E-state index contributed by atoms with van der Waals surface area (Å²) < 4.78 is 0. The molecule has 0 bridgehead atoms. The zero-order chi connectivity index (χ0) is 10.8. The van der Waals surface area contributed by atoms with Gasteiger partial charge >= 0.3 is 5.97 Å².